The summed E-state index contributed by atoms with van der Waals surface area (Å²) in [4.78, 5) is 0. The molecule has 0 amide bonds. The molecule has 92 valence electrons. The second kappa shape index (κ2) is 8.34. The van der Waals surface area contributed by atoms with E-state index in [0.29, 0.717) is 5.04 Å². The molecule has 15 heavy (non-hydrogen) atoms. The van der Waals surface area contributed by atoms with E-state index < -0.39 is 9.04 Å². The SMILES string of the molecule is CCCCCCCC[SiH](OC)C(C)(C)C. The first-order chi connectivity index (χ1) is 7.02. The van der Waals surface area contributed by atoms with Crippen molar-refractivity contribution in [1.82, 2.24) is 0 Å². The Kier molecular flexibility index (Phi) is 8.44. The summed E-state index contributed by atoms with van der Waals surface area (Å²) in [6.07, 6.45) is 8.38. The van der Waals surface area contributed by atoms with E-state index in [2.05, 4.69) is 27.7 Å². The zero-order valence-corrected chi connectivity index (χ0v) is 12.6. The smallest absolute Gasteiger partial charge is 0.181 e. The van der Waals surface area contributed by atoms with Gasteiger partial charge in [-0.3, -0.25) is 0 Å². The monoisotopic (exact) mass is 230 g/mol. The lowest BCUT2D eigenvalue weighted by Gasteiger charge is -2.27. The highest BCUT2D eigenvalue weighted by Crippen LogP contribution is 2.30. The van der Waals surface area contributed by atoms with Gasteiger partial charge in [0.15, 0.2) is 9.04 Å². The van der Waals surface area contributed by atoms with Crippen molar-refractivity contribution in [3.05, 3.63) is 0 Å². The maximum Gasteiger partial charge on any atom is 0.181 e. The van der Waals surface area contributed by atoms with Crippen LogP contribution in [0.15, 0.2) is 0 Å². The molecule has 0 aliphatic carbocycles. The Labute approximate surface area is 98.3 Å². The molecule has 0 saturated heterocycles. The van der Waals surface area contributed by atoms with Crippen molar-refractivity contribution in [2.24, 2.45) is 0 Å². The first-order valence-electron chi connectivity index (χ1n) is 6.55. The summed E-state index contributed by atoms with van der Waals surface area (Å²) in [5, 5.41) is 0.429. The van der Waals surface area contributed by atoms with Crippen molar-refractivity contribution >= 4 is 9.04 Å². The Morgan fingerprint density at radius 3 is 1.93 bits per heavy atom. The van der Waals surface area contributed by atoms with Gasteiger partial charge in [0, 0.05) is 7.11 Å². The van der Waals surface area contributed by atoms with Gasteiger partial charge in [0.25, 0.3) is 0 Å². The molecule has 0 N–H and O–H groups in total. The zero-order valence-electron chi connectivity index (χ0n) is 11.4. The van der Waals surface area contributed by atoms with Gasteiger partial charge < -0.3 is 4.43 Å². The molecule has 0 bridgehead atoms. The first-order valence-corrected chi connectivity index (χ1v) is 8.41. The van der Waals surface area contributed by atoms with Crippen LogP contribution in [0.1, 0.15) is 66.2 Å². The van der Waals surface area contributed by atoms with Gasteiger partial charge in [-0.1, -0.05) is 66.2 Å². The quantitative estimate of drug-likeness (QED) is 0.440. The van der Waals surface area contributed by atoms with Gasteiger partial charge in [0.2, 0.25) is 0 Å². The van der Waals surface area contributed by atoms with Crippen molar-refractivity contribution in [2.75, 3.05) is 7.11 Å². The van der Waals surface area contributed by atoms with E-state index in [-0.39, 0.29) is 0 Å². The Morgan fingerprint density at radius 2 is 1.47 bits per heavy atom. The number of hydrogen-bond donors (Lipinski definition) is 0. The predicted molar refractivity (Wildman–Crippen MR) is 72.1 cm³/mol. The Bertz CT molecular complexity index is 140. The molecule has 1 nitrogen and oxygen atoms in total. The summed E-state index contributed by atoms with van der Waals surface area (Å²) >= 11 is 0. The molecule has 1 unspecified atom stereocenters. The van der Waals surface area contributed by atoms with Crippen LogP contribution >= 0.6 is 0 Å². The van der Waals surface area contributed by atoms with Crippen molar-refractivity contribution < 1.29 is 4.43 Å². The zero-order chi connectivity index (χ0) is 11.7. The third-order valence-corrected chi connectivity index (χ3v) is 6.50. The minimum absolute atomic E-state index is 0.429. The Morgan fingerprint density at radius 1 is 0.933 bits per heavy atom. The summed E-state index contributed by atoms with van der Waals surface area (Å²) < 4.78 is 5.68. The summed E-state index contributed by atoms with van der Waals surface area (Å²) in [5.41, 5.74) is 0. The van der Waals surface area contributed by atoms with Crippen LogP contribution in [0.25, 0.3) is 0 Å². The van der Waals surface area contributed by atoms with E-state index in [1.54, 1.807) is 0 Å². The van der Waals surface area contributed by atoms with Gasteiger partial charge in [-0.05, 0) is 11.1 Å². The van der Waals surface area contributed by atoms with Crippen LogP contribution in [0.3, 0.4) is 0 Å². The van der Waals surface area contributed by atoms with Crippen LogP contribution in [0.2, 0.25) is 11.1 Å². The molecule has 0 radical (unpaired) electrons. The summed E-state index contributed by atoms with van der Waals surface area (Å²) in [5.74, 6) is 0. The summed E-state index contributed by atoms with van der Waals surface area (Å²) in [6.45, 7) is 9.24. The molecule has 0 rings (SSSR count). The third-order valence-electron chi connectivity index (χ3n) is 3.07. The number of unbranched alkanes of at least 4 members (excludes halogenated alkanes) is 5. The largest absolute Gasteiger partial charge is 0.423 e. The number of hydrogen-bond acceptors (Lipinski definition) is 1. The topological polar surface area (TPSA) is 9.23 Å². The van der Waals surface area contributed by atoms with E-state index in [1.165, 1.54) is 44.6 Å². The molecule has 0 spiro atoms. The van der Waals surface area contributed by atoms with Crippen molar-refractivity contribution in [3.8, 4) is 0 Å². The highest BCUT2D eigenvalue weighted by Gasteiger charge is 2.25. The van der Waals surface area contributed by atoms with Crippen LogP contribution in [0, 0.1) is 0 Å². The normalized spacial score (nSPS) is 14.2. The average molecular weight is 230 g/mol. The highest BCUT2D eigenvalue weighted by atomic mass is 28.3. The fourth-order valence-corrected chi connectivity index (χ4v) is 4.48. The molecule has 0 aromatic rings. The van der Waals surface area contributed by atoms with Gasteiger partial charge in [0.1, 0.15) is 0 Å². The lowest BCUT2D eigenvalue weighted by molar-refractivity contribution is 0.387. The summed E-state index contributed by atoms with van der Waals surface area (Å²) in [7, 11) is 0.942. The van der Waals surface area contributed by atoms with Crippen molar-refractivity contribution in [1.29, 1.82) is 0 Å². The van der Waals surface area contributed by atoms with Crippen LogP contribution < -0.4 is 0 Å². The lowest BCUT2D eigenvalue weighted by atomic mass is 10.1. The van der Waals surface area contributed by atoms with E-state index in [4.69, 9.17) is 4.43 Å². The average Bonchev–Trinajstić information content (AvgIpc) is 2.15. The molecular weight excluding hydrogens is 200 g/mol. The van der Waals surface area contributed by atoms with E-state index in [1.807, 2.05) is 7.11 Å². The molecular formula is C13H30OSi. The maximum absolute atomic E-state index is 5.68. The fourth-order valence-electron chi connectivity index (χ4n) is 2.01. The molecule has 0 aromatic carbocycles. The predicted octanol–water partition coefficient (Wildman–Crippen LogP) is 4.52. The van der Waals surface area contributed by atoms with Crippen LogP contribution in [-0.4, -0.2) is 16.2 Å². The van der Waals surface area contributed by atoms with Gasteiger partial charge in [-0.25, -0.2) is 0 Å². The van der Waals surface area contributed by atoms with E-state index in [0.717, 1.165) is 0 Å². The van der Waals surface area contributed by atoms with Crippen LogP contribution in [-0.2, 0) is 4.43 Å². The molecule has 0 fully saturated rings. The molecule has 0 aliphatic heterocycles. The van der Waals surface area contributed by atoms with Gasteiger partial charge >= 0.3 is 0 Å². The molecule has 0 saturated carbocycles. The molecule has 2 heteroatoms. The third kappa shape index (κ3) is 8.03. The van der Waals surface area contributed by atoms with Gasteiger partial charge in [0.05, 0.1) is 0 Å². The van der Waals surface area contributed by atoms with Gasteiger partial charge in [-0.15, -0.1) is 0 Å². The van der Waals surface area contributed by atoms with Crippen LogP contribution in [0.5, 0.6) is 0 Å². The summed E-state index contributed by atoms with van der Waals surface area (Å²) in [6, 6.07) is 1.35. The van der Waals surface area contributed by atoms with Crippen molar-refractivity contribution in [2.45, 2.75) is 77.3 Å². The lowest BCUT2D eigenvalue weighted by Crippen LogP contribution is -2.27. The first kappa shape index (κ1) is 15.2. The van der Waals surface area contributed by atoms with E-state index >= 15 is 0 Å². The number of rotatable bonds is 8. The Balaban J connectivity index is 3.48. The fraction of sp³-hybridized carbons (Fsp3) is 1.00. The minimum Gasteiger partial charge on any atom is -0.423 e. The second-order valence-corrected chi connectivity index (χ2v) is 9.40. The second-order valence-electron chi connectivity index (χ2n) is 5.65. The molecule has 0 aliphatic rings. The molecule has 0 aromatic heterocycles. The van der Waals surface area contributed by atoms with E-state index in [9.17, 15) is 0 Å². The van der Waals surface area contributed by atoms with Crippen molar-refractivity contribution in [3.63, 3.8) is 0 Å². The van der Waals surface area contributed by atoms with Crippen LogP contribution in [0.4, 0.5) is 0 Å². The standard InChI is InChI=1S/C13H30OSi/c1-6-7-8-9-10-11-12-15(14-5)13(2,3)4/h15H,6-12H2,1-5H3. The molecule has 0 heterocycles. The van der Waals surface area contributed by atoms with Gasteiger partial charge in [-0.2, -0.15) is 0 Å². The highest BCUT2D eigenvalue weighted by molar-refractivity contribution is 6.55. The molecule has 1 atom stereocenters. The minimum atomic E-state index is -0.960. The maximum atomic E-state index is 5.68. The Hall–Kier alpha value is 0.177.